The zero-order chi connectivity index (χ0) is 17.0. The van der Waals surface area contributed by atoms with Gasteiger partial charge in [-0.25, -0.2) is 4.39 Å². The molecule has 0 spiro atoms. The number of ether oxygens (including phenoxy) is 1. The number of alkyl halides is 2. The van der Waals surface area contributed by atoms with E-state index in [9.17, 15) is 22.8 Å². The summed E-state index contributed by atoms with van der Waals surface area (Å²) < 4.78 is 41.6. The van der Waals surface area contributed by atoms with E-state index in [4.69, 9.17) is 5.11 Å². The molecule has 0 bridgehead atoms. The Morgan fingerprint density at radius 1 is 1.30 bits per heavy atom. The highest BCUT2D eigenvalue weighted by Crippen LogP contribution is 2.31. The summed E-state index contributed by atoms with van der Waals surface area (Å²) in [4.78, 5) is 22.8. The summed E-state index contributed by atoms with van der Waals surface area (Å²) in [6, 6.07) is 3.45. The topological polar surface area (TPSA) is 75.6 Å². The lowest BCUT2D eigenvalue weighted by atomic mass is 10.0. The van der Waals surface area contributed by atoms with Gasteiger partial charge >= 0.3 is 12.6 Å². The molecule has 126 valence electrons. The van der Waals surface area contributed by atoms with Gasteiger partial charge in [0.05, 0.1) is 5.92 Å². The fourth-order valence-electron chi connectivity index (χ4n) is 2.62. The van der Waals surface area contributed by atoms with Crippen molar-refractivity contribution in [3.05, 3.63) is 29.6 Å². The van der Waals surface area contributed by atoms with Crippen LogP contribution in [0.4, 0.5) is 13.2 Å². The molecule has 0 radical (unpaired) electrons. The van der Waals surface area contributed by atoms with Gasteiger partial charge in [-0.2, -0.15) is 8.78 Å². The third-order valence-corrected chi connectivity index (χ3v) is 3.83. The molecule has 0 aliphatic heterocycles. The lowest BCUT2D eigenvalue weighted by Gasteiger charge is -2.12. The molecular weight excluding hydrogens is 315 g/mol. The molecule has 2 atom stereocenters. The van der Waals surface area contributed by atoms with Gasteiger partial charge < -0.3 is 15.2 Å². The SMILES string of the molecule is O=C(O)[C@@H]1CC[C@H](C(=O)NCc2ccc(OC(F)F)c(F)c2)C1. The molecule has 1 aliphatic rings. The number of rotatable bonds is 6. The van der Waals surface area contributed by atoms with E-state index in [0.717, 1.165) is 12.1 Å². The van der Waals surface area contributed by atoms with Gasteiger partial charge in [-0.1, -0.05) is 6.07 Å². The van der Waals surface area contributed by atoms with Crippen LogP contribution < -0.4 is 10.1 Å². The van der Waals surface area contributed by atoms with Gasteiger partial charge in [0.1, 0.15) is 0 Å². The number of carboxylic acids is 1. The summed E-state index contributed by atoms with van der Waals surface area (Å²) in [6.07, 6.45) is 1.25. The average Bonchev–Trinajstić information content (AvgIpc) is 2.97. The molecule has 2 rings (SSSR count). The lowest BCUT2D eigenvalue weighted by Crippen LogP contribution is -2.29. The van der Waals surface area contributed by atoms with Crippen molar-refractivity contribution in [3.63, 3.8) is 0 Å². The van der Waals surface area contributed by atoms with E-state index in [2.05, 4.69) is 10.1 Å². The minimum absolute atomic E-state index is 0.0267. The molecule has 1 fully saturated rings. The Balaban J connectivity index is 1.87. The maximum atomic E-state index is 13.5. The van der Waals surface area contributed by atoms with E-state index < -0.39 is 30.1 Å². The monoisotopic (exact) mass is 331 g/mol. The number of hydrogen-bond donors (Lipinski definition) is 2. The first-order valence-electron chi connectivity index (χ1n) is 7.10. The Morgan fingerprint density at radius 2 is 2.00 bits per heavy atom. The molecule has 1 aliphatic carbocycles. The van der Waals surface area contributed by atoms with Crippen LogP contribution in [0.15, 0.2) is 18.2 Å². The highest BCUT2D eigenvalue weighted by atomic mass is 19.3. The van der Waals surface area contributed by atoms with Crippen LogP contribution in [0.3, 0.4) is 0 Å². The summed E-state index contributed by atoms with van der Waals surface area (Å²) in [5.74, 6) is -3.57. The molecule has 1 saturated carbocycles. The van der Waals surface area contributed by atoms with Crippen molar-refractivity contribution in [2.24, 2.45) is 11.8 Å². The van der Waals surface area contributed by atoms with Gasteiger partial charge in [-0.15, -0.1) is 0 Å². The average molecular weight is 331 g/mol. The minimum atomic E-state index is -3.11. The van der Waals surface area contributed by atoms with Crippen LogP contribution in [-0.4, -0.2) is 23.6 Å². The maximum absolute atomic E-state index is 13.5. The molecule has 1 aromatic carbocycles. The minimum Gasteiger partial charge on any atom is -0.481 e. The van der Waals surface area contributed by atoms with Gasteiger partial charge in [0.2, 0.25) is 5.91 Å². The van der Waals surface area contributed by atoms with Crippen molar-refractivity contribution in [1.29, 1.82) is 0 Å². The van der Waals surface area contributed by atoms with E-state index in [-0.39, 0.29) is 24.8 Å². The number of hydrogen-bond acceptors (Lipinski definition) is 3. The van der Waals surface area contributed by atoms with Crippen LogP contribution in [0.5, 0.6) is 5.75 Å². The van der Waals surface area contributed by atoms with Crippen molar-refractivity contribution >= 4 is 11.9 Å². The van der Waals surface area contributed by atoms with E-state index >= 15 is 0 Å². The fraction of sp³-hybridized carbons (Fsp3) is 0.467. The molecule has 0 aromatic heterocycles. The molecule has 0 unspecified atom stereocenters. The number of carbonyl (C=O) groups is 2. The molecule has 2 N–H and O–H groups in total. The number of carboxylic acid groups (broad SMARTS) is 1. The number of amides is 1. The van der Waals surface area contributed by atoms with Crippen LogP contribution in [-0.2, 0) is 16.1 Å². The second-order valence-electron chi connectivity index (χ2n) is 5.41. The van der Waals surface area contributed by atoms with Crippen molar-refractivity contribution in [2.75, 3.05) is 0 Å². The zero-order valence-electron chi connectivity index (χ0n) is 12.1. The van der Waals surface area contributed by atoms with Gasteiger partial charge in [-0.3, -0.25) is 9.59 Å². The fourth-order valence-corrected chi connectivity index (χ4v) is 2.62. The molecule has 0 saturated heterocycles. The highest BCUT2D eigenvalue weighted by Gasteiger charge is 2.33. The number of halogens is 3. The predicted molar refractivity (Wildman–Crippen MR) is 73.3 cm³/mol. The lowest BCUT2D eigenvalue weighted by molar-refractivity contribution is -0.141. The third kappa shape index (κ3) is 4.61. The van der Waals surface area contributed by atoms with Gasteiger partial charge in [0.15, 0.2) is 11.6 Å². The summed E-state index contributed by atoms with van der Waals surface area (Å²) >= 11 is 0. The van der Waals surface area contributed by atoms with Gasteiger partial charge in [0.25, 0.3) is 0 Å². The van der Waals surface area contributed by atoms with Crippen LogP contribution in [0.1, 0.15) is 24.8 Å². The van der Waals surface area contributed by atoms with Gasteiger partial charge in [-0.05, 0) is 37.0 Å². The second kappa shape index (κ2) is 7.34. The first-order valence-corrected chi connectivity index (χ1v) is 7.10. The Kier molecular flexibility index (Phi) is 5.46. The molecule has 1 amide bonds. The molecule has 23 heavy (non-hydrogen) atoms. The van der Waals surface area contributed by atoms with Crippen molar-refractivity contribution in [2.45, 2.75) is 32.4 Å². The van der Waals surface area contributed by atoms with Crippen molar-refractivity contribution < 1.29 is 32.6 Å². The first kappa shape index (κ1) is 17.1. The van der Waals surface area contributed by atoms with Crippen molar-refractivity contribution in [3.8, 4) is 5.75 Å². The Morgan fingerprint density at radius 3 is 2.57 bits per heavy atom. The highest BCUT2D eigenvalue weighted by molar-refractivity contribution is 5.80. The van der Waals surface area contributed by atoms with E-state index in [0.29, 0.717) is 18.4 Å². The van der Waals surface area contributed by atoms with Gasteiger partial charge in [0, 0.05) is 12.5 Å². The predicted octanol–water partition coefficient (Wildman–Crippen LogP) is 2.54. The number of benzene rings is 1. The summed E-state index contributed by atoms with van der Waals surface area (Å²) in [6.45, 7) is -3.08. The van der Waals surface area contributed by atoms with E-state index in [1.165, 1.54) is 6.07 Å². The Labute approximate surface area is 130 Å². The third-order valence-electron chi connectivity index (χ3n) is 3.83. The van der Waals surface area contributed by atoms with Crippen LogP contribution in [0.2, 0.25) is 0 Å². The smallest absolute Gasteiger partial charge is 0.387 e. The maximum Gasteiger partial charge on any atom is 0.387 e. The summed E-state index contributed by atoms with van der Waals surface area (Å²) in [5.41, 5.74) is 0.394. The standard InChI is InChI=1S/C15H16F3NO4/c16-11-5-8(1-4-12(11)23-15(17)18)7-19-13(20)9-2-3-10(6-9)14(21)22/h1,4-5,9-10,15H,2-3,6-7H2,(H,19,20)(H,21,22)/t9-,10+/m0/s1. The normalized spacial score (nSPS) is 20.5. The molecule has 1 aromatic rings. The molecular formula is C15H16F3NO4. The number of nitrogens with one attached hydrogen (secondary N) is 1. The summed E-state index contributed by atoms with van der Waals surface area (Å²) in [5, 5.41) is 11.5. The number of aliphatic carboxylic acids is 1. The van der Waals surface area contributed by atoms with Crippen molar-refractivity contribution in [1.82, 2.24) is 5.32 Å². The van der Waals surface area contributed by atoms with Crippen LogP contribution >= 0.6 is 0 Å². The quantitative estimate of drug-likeness (QED) is 0.840. The second-order valence-corrected chi connectivity index (χ2v) is 5.41. The Hall–Kier alpha value is -2.25. The molecule has 0 heterocycles. The first-order chi connectivity index (χ1) is 10.9. The molecule has 8 heteroatoms. The van der Waals surface area contributed by atoms with Crippen LogP contribution in [0, 0.1) is 17.7 Å². The molecule has 5 nitrogen and oxygen atoms in total. The van der Waals surface area contributed by atoms with Crippen LogP contribution in [0.25, 0.3) is 0 Å². The largest absolute Gasteiger partial charge is 0.481 e. The zero-order valence-corrected chi connectivity index (χ0v) is 12.1. The summed E-state index contributed by atoms with van der Waals surface area (Å²) in [7, 11) is 0. The van der Waals surface area contributed by atoms with E-state index in [1.54, 1.807) is 0 Å². The Bertz CT molecular complexity index is 594. The van der Waals surface area contributed by atoms with E-state index in [1.807, 2.05) is 0 Å². The number of carbonyl (C=O) groups excluding carboxylic acids is 1.